The summed E-state index contributed by atoms with van der Waals surface area (Å²) in [6.07, 6.45) is 4.57. The molecule has 2 N–H and O–H groups in total. The van der Waals surface area contributed by atoms with E-state index >= 15 is 0 Å². The van der Waals surface area contributed by atoms with Gasteiger partial charge in [0, 0.05) is 35.2 Å². The summed E-state index contributed by atoms with van der Waals surface area (Å²) in [7, 11) is 0. The molecule has 5 nitrogen and oxygen atoms in total. The fourth-order valence-corrected chi connectivity index (χ4v) is 3.25. The molecule has 0 aliphatic carbocycles. The van der Waals surface area contributed by atoms with Crippen LogP contribution in [0, 0.1) is 13.8 Å². The maximum Gasteiger partial charge on any atom is 0.227 e. The van der Waals surface area contributed by atoms with Gasteiger partial charge >= 0.3 is 0 Å². The Bertz CT molecular complexity index is 934. The summed E-state index contributed by atoms with van der Waals surface area (Å²) in [6, 6.07) is 7.81. The number of rotatable bonds is 2. The van der Waals surface area contributed by atoms with Gasteiger partial charge in [-0.15, -0.1) is 0 Å². The molecule has 2 aromatic heterocycles. The first-order valence-electron chi connectivity index (χ1n) is 8.21. The Morgan fingerprint density at radius 2 is 2.04 bits per heavy atom. The van der Waals surface area contributed by atoms with Crippen LogP contribution < -0.4 is 10.6 Å². The number of hydrogen-bond donors (Lipinski definition) is 2. The molecule has 0 saturated carbocycles. The summed E-state index contributed by atoms with van der Waals surface area (Å²) in [5, 5.41) is 7.45. The van der Waals surface area contributed by atoms with Gasteiger partial charge in [0.2, 0.25) is 5.95 Å². The van der Waals surface area contributed by atoms with E-state index < -0.39 is 0 Å². The molecule has 0 spiro atoms. The van der Waals surface area contributed by atoms with E-state index in [4.69, 9.17) is 16.6 Å². The third kappa shape index (κ3) is 3.03. The Balaban J connectivity index is 1.78. The Labute approximate surface area is 151 Å². The molecule has 126 valence electrons. The molecule has 1 aromatic carbocycles. The van der Waals surface area contributed by atoms with Crippen molar-refractivity contribution >= 4 is 28.9 Å². The van der Waals surface area contributed by atoms with Crippen LogP contribution in [0.2, 0.25) is 5.02 Å². The predicted molar refractivity (Wildman–Crippen MR) is 102 cm³/mol. The zero-order valence-electron chi connectivity index (χ0n) is 14.1. The molecule has 1 aliphatic rings. The largest absolute Gasteiger partial charge is 0.384 e. The maximum absolute atomic E-state index is 6.14. The van der Waals surface area contributed by atoms with Crippen LogP contribution in [0.3, 0.4) is 0 Å². The molecule has 3 aromatic rings. The number of hydrogen-bond acceptors (Lipinski definition) is 5. The lowest BCUT2D eigenvalue weighted by Gasteiger charge is -2.13. The molecule has 0 fully saturated rings. The molecular formula is C19H18ClN5. The summed E-state index contributed by atoms with van der Waals surface area (Å²) in [6.45, 7) is 4.85. The average Bonchev–Trinajstić information content (AvgIpc) is 2.76. The molecule has 0 saturated heterocycles. The smallest absolute Gasteiger partial charge is 0.227 e. The molecule has 1 aliphatic heterocycles. The lowest BCUT2D eigenvalue weighted by atomic mass is 10.1. The summed E-state index contributed by atoms with van der Waals surface area (Å²) < 4.78 is 0. The third-order valence-electron chi connectivity index (χ3n) is 4.40. The molecule has 6 heteroatoms. The minimum atomic E-state index is 0.570. The molecule has 25 heavy (non-hydrogen) atoms. The van der Waals surface area contributed by atoms with E-state index in [-0.39, 0.29) is 0 Å². The van der Waals surface area contributed by atoms with Crippen molar-refractivity contribution in [2.45, 2.75) is 20.3 Å². The van der Waals surface area contributed by atoms with Crippen LogP contribution in [0.1, 0.15) is 16.8 Å². The highest BCUT2D eigenvalue weighted by atomic mass is 35.5. The first-order valence-corrected chi connectivity index (χ1v) is 8.58. The first-order chi connectivity index (χ1) is 12.1. The molecule has 0 atom stereocenters. The average molecular weight is 352 g/mol. The van der Waals surface area contributed by atoms with Gasteiger partial charge in [0.25, 0.3) is 0 Å². The molecule has 4 rings (SSSR count). The highest BCUT2D eigenvalue weighted by molar-refractivity contribution is 6.31. The zero-order chi connectivity index (χ0) is 17.4. The number of anilines is 3. The Kier molecular flexibility index (Phi) is 4.01. The second-order valence-electron chi connectivity index (χ2n) is 6.15. The van der Waals surface area contributed by atoms with Gasteiger partial charge in [-0.25, -0.2) is 9.97 Å². The van der Waals surface area contributed by atoms with Crippen molar-refractivity contribution in [1.29, 1.82) is 0 Å². The van der Waals surface area contributed by atoms with E-state index in [0.717, 1.165) is 52.4 Å². The van der Waals surface area contributed by atoms with E-state index in [1.165, 1.54) is 0 Å². The van der Waals surface area contributed by atoms with Gasteiger partial charge in [0.05, 0.1) is 17.1 Å². The normalized spacial score (nSPS) is 12.6. The van der Waals surface area contributed by atoms with Gasteiger partial charge < -0.3 is 10.6 Å². The van der Waals surface area contributed by atoms with Crippen molar-refractivity contribution in [2.75, 3.05) is 17.2 Å². The molecule has 0 bridgehead atoms. The number of pyridine rings is 1. The first kappa shape index (κ1) is 15.8. The lowest BCUT2D eigenvalue weighted by Crippen LogP contribution is -2.05. The second kappa shape index (κ2) is 6.33. The van der Waals surface area contributed by atoms with Crippen LogP contribution in [0.25, 0.3) is 11.3 Å². The van der Waals surface area contributed by atoms with Crippen molar-refractivity contribution in [3.05, 3.63) is 58.5 Å². The minimum absolute atomic E-state index is 0.570. The fraction of sp³-hybridized carbons (Fsp3) is 0.211. The standard InChI is InChI=1S/C19H18ClN5/c1-11-5-7-21-12(2)17(11)24-19-23-10-13-6-8-22-16-9-14(20)3-4-15(16)18(13)25-19/h3-5,7,9-10,22H,6,8H2,1-2H3,(H,23,24,25). The summed E-state index contributed by atoms with van der Waals surface area (Å²) in [4.78, 5) is 13.6. The highest BCUT2D eigenvalue weighted by Crippen LogP contribution is 2.34. The topological polar surface area (TPSA) is 62.7 Å². The van der Waals surface area contributed by atoms with Gasteiger partial charge in [-0.1, -0.05) is 11.6 Å². The lowest BCUT2D eigenvalue weighted by molar-refractivity contribution is 1.00. The van der Waals surface area contributed by atoms with E-state index in [9.17, 15) is 0 Å². The van der Waals surface area contributed by atoms with Gasteiger partial charge in [0.1, 0.15) is 0 Å². The maximum atomic E-state index is 6.14. The molecular weight excluding hydrogens is 334 g/mol. The second-order valence-corrected chi connectivity index (χ2v) is 6.58. The number of halogens is 1. The van der Waals surface area contributed by atoms with Crippen molar-refractivity contribution in [2.24, 2.45) is 0 Å². The molecule has 0 unspecified atom stereocenters. The van der Waals surface area contributed by atoms with Crippen molar-refractivity contribution < 1.29 is 0 Å². The molecule has 3 heterocycles. The Hall–Kier alpha value is -2.66. The van der Waals surface area contributed by atoms with Gasteiger partial charge in [-0.3, -0.25) is 4.98 Å². The number of aromatic nitrogens is 3. The number of nitrogens with zero attached hydrogens (tertiary/aromatic N) is 3. The highest BCUT2D eigenvalue weighted by Gasteiger charge is 2.17. The van der Waals surface area contributed by atoms with Crippen molar-refractivity contribution in [3.8, 4) is 11.3 Å². The van der Waals surface area contributed by atoms with E-state index in [0.29, 0.717) is 11.0 Å². The monoisotopic (exact) mass is 351 g/mol. The minimum Gasteiger partial charge on any atom is -0.384 e. The van der Waals surface area contributed by atoms with Crippen LogP contribution >= 0.6 is 11.6 Å². The van der Waals surface area contributed by atoms with Crippen LogP contribution in [0.4, 0.5) is 17.3 Å². The molecule has 0 radical (unpaired) electrons. The Morgan fingerprint density at radius 3 is 2.88 bits per heavy atom. The predicted octanol–water partition coefficient (Wildman–Crippen LogP) is 4.52. The zero-order valence-corrected chi connectivity index (χ0v) is 14.9. The van der Waals surface area contributed by atoms with Crippen LogP contribution in [0.5, 0.6) is 0 Å². The summed E-state index contributed by atoms with van der Waals surface area (Å²) in [5.74, 6) is 0.570. The summed E-state index contributed by atoms with van der Waals surface area (Å²) >= 11 is 6.14. The number of nitrogens with one attached hydrogen (secondary N) is 2. The number of fused-ring (bicyclic) bond motifs is 3. The Morgan fingerprint density at radius 1 is 1.16 bits per heavy atom. The van der Waals surface area contributed by atoms with Gasteiger partial charge in [0.15, 0.2) is 0 Å². The van der Waals surface area contributed by atoms with E-state index in [1.807, 2.05) is 44.3 Å². The van der Waals surface area contributed by atoms with Gasteiger partial charge in [-0.05, 0) is 55.7 Å². The van der Waals surface area contributed by atoms with Crippen molar-refractivity contribution in [1.82, 2.24) is 15.0 Å². The van der Waals surface area contributed by atoms with Crippen LogP contribution in [-0.2, 0) is 6.42 Å². The van der Waals surface area contributed by atoms with E-state index in [1.54, 1.807) is 6.20 Å². The van der Waals surface area contributed by atoms with Crippen LogP contribution in [-0.4, -0.2) is 21.5 Å². The van der Waals surface area contributed by atoms with E-state index in [2.05, 4.69) is 20.6 Å². The SMILES string of the molecule is Cc1ccnc(C)c1Nc1ncc2c(n1)-c1ccc(Cl)cc1NCC2. The van der Waals surface area contributed by atoms with Crippen LogP contribution in [0.15, 0.2) is 36.7 Å². The number of benzene rings is 1. The molecule has 0 amide bonds. The third-order valence-corrected chi connectivity index (χ3v) is 4.63. The van der Waals surface area contributed by atoms with Gasteiger partial charge in [-0.2, -0.15) is 0 Å². The fourth-order valence-electron chi connectivity index (χ4n) is 3.08. The quantitative estimate of drug-likeness (QED) is 0.710. The number of aryl methyl sites for hydroxylation is 2. The van der Waals surface area contributed by atoms with Crippen molar-refractivity contribution in [3.63, 3.8) is 0 Å². The summed E-state index contributed by atoms with van der Waals surface area (Å²) in [5.41, 5.74) is 7.09.